The van der Waals surface area contributed by atoms with Crippen molar-refractivity contribution >= 4 is 20.8 Å². The molecule has 1 aliphatic rings. The first kappa shape index (κ1) is 14.3. The Bertz CT molecular complexity index is 282. The van der Waals surface area contributed by atoms with Crippen molar-refractivity contribution in [1.29, 1.82) is 0 Å². The van der Waals surface area contributed by atoms with Gasteiger partial charge >= 0.3 is 105 Å². The third kappa shape index (κ3) is 5.37. The Morgan fingerprint density at radius 3 is 2.53 bits per heavy atom. The number of piperidine rings is 1. The van der Waals surface area contributed by atoms with Crippen molar-refractivity contribution in [3.8, 4) is 0 Å². The van der Waals surface area contributed by atoms with Crippen LogP contribution in [0.1, 0.15) is 33.6 Å². The number of hydrogen-bond acceptors (Lipinski definition) is 3. The summed E-state index contributed by atoms with van der Waals surface area (Å²) < 4.78 is 5.33. The molecule has 1 amide bonds. The Hall–Kier alpha value is -0.800. The van der Waals surface area contributed by atoms with E-state index in [0.717, 1.165) is 32.5 Å². The Morgan fingerprint density at radius 2 is 2.06 bits per heavy atom. The molecule has 17 heavy (non-hydrogen) atoms. The molecule has 0 aliphatic carbocycles. The van der Waals surface area contributed by atoms with Crippen LogP contribution < -0.4 is 0 Å². The van der Waals surface area contributed by atoms with Crippen LogP contribution in [-0.4, -0.2) is 50.9 Å². The molecule has 1 aliphatic heterocycles. The summed E-state index contributed by atoms with van der Waals surface area (Å²) in [5.41, 5.74) is -0.419. The Labute approximate surface area is 105 Å². The first-order valence-electron chi connectivity index (χ1n) is 6.10. The zero-order valence-corrected chi connectivity index (χ0v) is 11.0. The van der Waals surface area contributed by atoms with E-state index in [9.17, 15) is 4.79 Å². The average Bonchev–Trinajstić information content (AvgIpc) is 2.24. The van der Waals surface area contributed by atoms with E-state index in [-0.39, 0.29) is 6.09 Å². The second kappa shape index (κ2) is 6.22. The van der Waals surface area contributed by atoms with Crippen LogP contribution >= 0.6 is 0 Å². The van der Waals surface area contributed by atoms with E-state index in [1.807, 2.05) is 20.8 Å². The topological polar surface area (TPSA) is 41.9 Å². The fourth-order valence-electron chi connectivity index (χ4n) is 1.83. The van der Waals surface area contributed by atoms with Gasteiger partial charge in [0.2, 0.25) is 0 Å². The van der Waals surface area contributed by atoms with Crippen molar-refractivity contribution in [2.75, 3.05) is 19.6 Å². The van der Waals surface area contributed by atoms with Gasteiger partial charge in [0.15, 0.2) is 0 Å². The van der Waals surface area contributed by atoms with Crippen LogP contribution in [0.5, 0.6) is 0 Å². The Morgan fingerprint density at radius 1 is 1.47 bits per heavy atom. The molecular weight excluding hydrogens is 214 g/mol. The fraction of sp³-hybridized carbons (Fsp3) is 0.909. The molecule has 0 aromatic carbocycles. The molecule has 0 N–H and O–H groups in total. The van der Waals surface area contributed by atoms with E-state index < -0.39 is 5.60 Å². The van der Waals surface area contributed by atoms with E-state index in [1.54, 1.807) is 4.90 Å². The summed E-state index contributed by atoms with van der Waals surface area (Å²) in [5, 5.41) is 0. The zero-order chi connectivity index (χ0) is 12.9. The molecule has 0 unspecified atom stereocenters. The van der Waals surface area contributed by atoms with E-state index in [4.69, 9.17) is 12.5 Å². The zero-order valence-electron chi connectivity index (χ0n) is 11.0. The van der Waals surface area contributed by atoms with Gasteiger partial charge in [-0.15, -0.1) is 0 Å². The van der Waals surface area contributed by atoms with Crippen LogP contribution in [0, 0.1) is 5.92 Å². The normalized spacial score (nSPS) is 18.2. The van der Waals surface area contributed by atoms with Crippen molar-refractivity contribution in [2.24, 2.45) is 10.8 Å². The summed E-state index contributed by atoms with van der Waals surface area (Å²) in [5.74, 6) is 0.536. The molecule has 0 spiro atoms. The van der Waals surface area contributed by atoms with Gasteiger partial charge in [0.1, 0.15) is 0 Å². The molecule has 1 fully saturated rings. The minimum atomic E-state index is -0.419. The molecule has 6 heteroatoms. The van der Waals surface area contributed by atoms with Crippen molar-refractivity contribution in [2.45, 2.75) is 39.2 Å². The predicted molar refractivity (Wildman–Crippen MR) is 69.3 cm³/mol. The number of rotatable bonds is 2. The van der Waals surface area contributed by atoms with E-state index >= 15 is 0 Å². The molecule has 0 bridgehead atoms. The Balaban J connectivity index is 2.34. The van der Waals surface area contributed by atoms with E-state index in [2.05, 4.69) is 4.90 Å². The van der Waals surface area contributed by atoms with Gasteiger partial charge in [-0.3, -0.25) is 0 Å². The number of carbonyl (C=O) groups is 1. The molecule has 2 radical (unpaired) electrons. The van der Waals surface area contributed by atoms with Gasteiger partial charge in [0.05, 0.1) is 0 Å². The van der Waals surface area contributed by atoms with Crippen LogP contribution in [0.25, 0.3) is 0 Å². The summed E-state index contributed by atoms with van der Waals surface area (Å²) in [6.07, 6.45) is 1.73. The van der Waals surface area contributed by atoms with Crippen LogP contribution in [0.15, 0.2) is 4.90 Å². The predicted octanol–water partition coefficient (Wildman–Crippen LogP) is 1.60. The van der Waals surface area contributed by atoms with Gasteiger partial charge in [-0.2, -0.15) is 0 Å². The third-order valence-corrected chi connectivity index (χ3v) is 2.74. The molecular formula is C11H20B2N2O2. The summed E-state index contributed by atoms with van der Waals surface area (Å²) in [7, 11) is 5.21. The van der Waals surface area contributed by atoms with Crippen molar-refractivity contribution in [3.63, 3.8) is 0 Å². The number of likely N-dealkylation sites (tertiary alicyclic amines) is 1. The first-order chi connectivity index (χ1) is 7.92. The Kier molecular flexibility index (Phi) is 5.22. The second-order valence-corrected chi connectivity index (χ2v) is 5.42. The van der Waals surface area contributed by atoms with Crippen LogP contribution in [0.3, 0.4) is 0 Å². The summed E-state index contributed by atoms with van der Waals surface area (Å²) >= 11 is 0. The molecule has 0 saturated carbocycles. The standard InChI is InChI=1S/C11H20B2N2O2/c1-11(2,3)17-10(16)15-6-4-9(5-7-15)8-14-13-12/h9H,4-8H2,1-3H3. The summed E-state index contributed by atoms with van der Waals surface area (Å²) in [4.78, 5) is 17.6. The van der Waals surface area contributed by atoms with E-state index in [0.29, 0.717) is 5.92 Å². The van der Waals surface area contributed by atoms with Crippen LogP contribution in [0.2, 0.25) is 0 Å². The van der Waals surface area contributed by atoms with Gasteiger partial charge in [-0.1, -0.05) is 0 Å². The summed E-state index contributed by atoms with van der Waals surface area (Å²) in [6.45, 7) is 9.26. The van der Waals surface area contributed by atoms with Gasteiger partial charge in [-0.25, -0.2) is 0 Å². The molecule has 0 aromatic heterocycles. The number of ether oxygens (including phenoxy) is 1. The quantitative estimate of drug-likeness (QED) is 0.681. The minimum absolute atomic E-state index is 0.210. The molecule has 4 nitrogen and oxygen atoms in total. The molecule has 0 aromatic rings. The number of carbonyl (C=O) groups excluding carboxylic acids is 1. The van der Waals surface area contributed by atoms with Gasteiger partial charge in [0, 0.05) is 0 Å². The van der Waals surface area contributed by atoms with Crippen LogP contribution in [-0.2, 0) is 4.74 Å². The molecule has 92 valence electrons. The van der Waals surface area contributed by atoms with Gasteiger partial charge in [0.25, 0.3) is 0 Å². The van der Waals surface area contributed by atoms with Gasteiger partial charge in [-0.05, 0) is 0 Å². The second-order valence-electron chi connectivity index (χ2n) is 5.42. The molecule has 1 rings (SSSR count). The molecule has 0 atom stereocenters. The van der Waals surface area contributed by atoms with Crippen molar-refractivity contribution < 1.29 is 9.53 Å². The number of nitrogens with zero attached hydrogens (tertiary/aromatic N) is 2. The van der Waals surface area contributed by atoms with E-state index in [1.165, 1.54) is 6.96 Å². The maximum atomic E-state index is 11.8. The molecule has 1 heterocycles. The SMILES string of the molecule is [B]B=NCC1CCN(C(=O)OC(C)(C)C)CC1. The average molecular weight is 234 g/mol. The fourth-order valence-corrected chi connectivity index (χ4v) is 1.83. The van der Waals surface area contributed by atoms with Crippen molar-refractivity contribution in [3.05, 3.63) is 0 Å². The first-order valence-corrected chi connectivity index (χ1v) is 6.10. The maximum absolute atomic E-state index is 11.8. The summed E-state index contributed by atoms with van der Waals surface area (Å²) in [6, 6.07) is 0. The third-order valence-electron chi connectivity index (χ3n) is 2.74. The van der Waals surface area contributed by atoms with Crippen LogP contribution in [0.4, 0.5) is 4.79 Å². The van der Waals surface area contributed by atoms with Crippen molar-refractivity contribution in [1.82, 2.24) is 4.90 Å². The number of amides is 1. The van der Waals surface area contributed by atoms with Gasteiger partial charge < -0.3 is 0 Å². The monoisotopic (exact) mass is 234 g/mol. The number of hydrogen-bond donors (Lipinski definition) is 0. The molecule has 1 saturated heterocycles.